The summed E-state index contributed by atoms with van der Waals surface area (Å²) in [5.74, 6) is 0.777. The molecule has 130 valence electrons. The highest BCUT2D eigenvalue weighted by Crippen LogP contribution is 2.09. The van der Waals surface area contributed by atoms with Crippen molar-refractivity contribution in [2.24, 2.45) is 11.8 Å². The number of hydrogen-bond acceptors (Lipinski definition) is 4. The van der Waals surface area contributed by atoms with Crippen LogP contribution in [0.25, 0.3) is 0 Å². The molecule has 23 heavy (non-hydrogen) atoms. The SMILES string of the molecule is CCNC(=O)N(Cc1nc(C(=O)NCC(C)C)co1)CC(C)C. The first kappa shape index (κ1) is 19.0. The second kappa shape index (κ2) is 9.17. The molecule has 0 aromatic carbocycles. The summed E-state index contributed by atoms with van der Waals surface area (Å²) in [5, 5.41) is 5.56. The minimum atomic E-state index is -0.262. The number of urea groups is 1. The number of oxazole rings is 1. The number of amides is 3. The van der Waals surface area contributed by atoms with Crippen LogP contribution in [0.2, 0.25) is 0 Å². The highest BCUT2D eigenvalue weighted by Gasteiger charge is 2.19. The highest BCUT2D eigenvalue weighted by atomic mass is 16.3. The maximum absolute atomic E-state index is 12.1. The molecular formula is C16H28N4O3. The Morgan fingerprint density at radius 1 is 1.22 bits per heavy atom. The third-order valence-electron chi connectivity index (χ3n) is 2.98. The molecule has 0 spiro atoms. The van der Waals surface area contributed by atoms with Crippen molar-refractivity contribution >= 4 is 11.9 Å². The molecule has 2 N–H and O–H groups in total. The van der Waals surface area contributed by atoms with Gasteiger partial charge < -0.3 is 20.0 Å². The van der Waals surface area contributed by atoms with E-state index < -0.39 is 0 Å². The van der Waals surface area contributed by atoms with Crippen molar-refractivity contribution in [2.45, 2.75) is 41.2 Å². The van der Waals surface area contributed by atoms with Crippen molar-refractivity contribution in [3.8, 4) is 0 Å². The minimum absolute atomic E-state index is 0.162. The molecule has 7 heteroatoms. The molecule has 1 aromatic heterocycles. The van der Waals surface area contributed by atoms with E-state index in [1.54, 1.807) is 4.90 Å². The zero-order valence-electron chi connectivity index (χ0n) is 14.7. The van der Waals surface area contributed by atoms with Gasteiger partial charge in [-0.15, -0.1) is 0 Å². The second-order valence-electron chi connectivity index (χ2n) is 6.34. The Balaban J connectivity index is 2.70. The van der Waals surface area contributed by atoms with Gasteiger partial charge in [-0.1, -0.05) is 27.7 Å². The Hall–Kier alpha value is -2.05. The normalized spacial score (nSPS) is 10.9. The average molecular weight is 324 g/mol. The lowest BCUT2D eigenvalue weighted by Crippen LogP contribution is -2.41. The summed E-state index contributed by atoms with van der Waals surface area (Å²) in [7, 11) is 0. The molecule has 7 nitrogen and oxygen atoms in total. The van der Waals surface area contributed by atoms with Gasteiger partial charge in [-0.3, -0.25) is 4.79 Å². The number of aromatic nitrogens is 1. The Labute approximate surface area is 137 Å². The van der Waals surface area contributed by atoms with Crippen LogP contribution in [0.4, 0.5) is 4.79 Å². The molecule has 1 rings (SSSR count). The van der Waals surface area contributed by atoms with Crippen LogP contribution in [0.15, 0.2) is 10.7 Å². The first-order chi connectivity index (χ1) is 10.8. The molecule has 0 saturated heterocycles. The molecule has 0 atom stereocenters. The number of rotatable bonds is 8. The fraction of sp³-hybridized carbons (Fsp3) is 0.688. The van der Waals surface area contributed by atoms with E-state index in [9.17, 15) is 9.59 Å². The van der Waals surface area contributed by atoms with Crippen LogP contribution in [0, 0.1) is 11.8 Å². The third kappa shape index (κ3) is 6.71. The first-order valence-corrected chi connectivity index (χ1v) is 8.08. The Morgan fingerprint density at radius 2 is 1.91 bits per heavy atom. The van der Waals surface area contributed by atoms with Crippen LogP contribution in [0.1, 0.15) is 51.0 Å². The standard InChI is InChI=1S/C16H28N4O3/c1-6-17-16(22)20(8-12(4)5)9-14-19-13(10-23-14)15(21)18-7-11(2)3/h10-12H,6-9H2,1-5H3,(H,17,22)(H,18,21). The molecule has 0 aliphatic heterocycles. The van der Waals surface area contributed by atoms with Crippen molar-refractivity contribution in [1.82, 2.24) is 20.5 Å². The van der Waals surface area contributed by atoms with Gasteiger partial charge in [0, 0.05) is 19.6 Å². The van der Waals surface area contributed by atoms with Crippen molar-refractivity contribution < 1.29 is 14.0 Å². The van der Waals surface area contributed by atoms with Gasteiger partial charge in [-0.25, -0.2) is 9.78 Å². The summed E-state index contributed by atoms with van der Waals surface area (Å²) in [6, 6.07) is -0.162. The van der Waals surface area contributed by atoms with E-state index in [1.807, 2.05) is 34.6 Å². The predicted molar refractivity (Wildman–Crippen MR) is 88.0 cm³/mol. The maximum atomic E-state index is 12.1. The quantitative estimate of drug-likeness (QED) is 0.768. The summed E-state index contributed by atoms with van der Waals surface area (Å²) in [4.78, 5) is 29.8. The number of carbonyl (C=O) groups is 2. The Morgan fingerprint density at radius 3 is 2.48 bits per heavy atom. The summed E-state index contributed by atoms with van der Waals surface area (Å²) in [5.41, 5.74) is 0.237. The van der Waals surface area contributed by atoms with E-state index in [0.717, 1.165) is 0 Å². The molecular weight excluding hydrogens is 296 g/mol. The molecule has 0 unspecified atom stereocenters. The van der Waals surface area contributed by atoms with Gasteiger partial charge >= 0.3 is 6.03 Å². The van der Waals surface area contributed by atoms with E-state index in [4.69, 9.17) is 4.42 Å². The zero-order valence-corrected chi connectivity index (χ0v) is 14.7. The van der Waals surface area contributed by atoms with Gasteiger partial charge in [0.25, 0.3) is 5.91 Å². The number of carbonyl (C=O) groups excluding carboxylic acids is 2. The average Bonchev–Trinajstić information content (AvgIpc) is 2.92. The second-order valence-corrected chi connectivity index (χ2v) is 6.34. The van der Waals surface area contributed by atoms with E-state index in [2.05, 4.69) is 15.6 Å². The van der Waals surface area contributed by atoms with Crippen molar-refractivity contribution in [3.05, 3.63) is 17.8 Å². The minimum Gasteiger partial charge on any atom is -0.446 e. The molecule has 1 aromatic rings. The highest BCUT2D eigenvalue weighted by molar-refractivity contribution is 5.91. The van der Waals surface area contributed by atoms with Gasteiger partial charge in [0.1, 0.15) is 6.26 Å². The fourth-order valence-corrected chi connectivity index (χ4v) is 1.96. The lowest BCUT2D eigenvalue weighted by molar-refractivity contribution is 0.0944. The summed E-state index contributed by atoms with van der Waals surface area (Å²) in [6.45, 7) is 11.9. The van der Waals surface area contributed by atoms with Gasteiger partial charge in [-0.2, -0.15) is 0 Å². The van der Waals surface area contributed by atoms with Crippen LogP contribution in [-0.4, -0.2) is 41.5 Å². The van der Waals surface area contributed by atoms with E-state index in [0.29, 0.717) is 37.4 Å². The summed E-state index contributed by atoms with van der Waals surface area (Å²) >= 11 is 0. The Kier molecular flexibility index (Phi) is 7.57. The van der Waals surface area contributed by atoms with Gasteiger partial charge in [0.2, 0.25) is 5.89 Å². The van der Waals surface area contributed by atoms with Crippen LogP contribution in [-0.2, 0) is 6.54 Å². The summed E-state index contributed by atoms with van der Waals surface area (Å²) in [6.07, 6.45) is 1.33. The van der Waals surface area contributed by atoms with Crippen LogP contribution in [0.5, 0.6) is 0 Å². The molecule has 3 amide bonds. The Bertz CT molecular complexity index is 511. The number of nitrogens with one attached hydrogen (secondary N) is 2. The van der Waals surface area contributed by atoms with Crippen molar-refractivity contribution in [1.29, 1.82) is 0 Å². The van der Waals surface area contributed by atoms with Crippen molar-refractivity contribution in [2.75, 3.05) is 19.6 Å². The number of nitrogens with zero attached hydrogens (tertiary/aromatic N) is 2. The molecule has 1 heterocycles. The molecule has 0 fully saturated rings. The largest absolute Gasteiger partial charge is 0.446 e. The predicted octanol–water partition coefficient (Wildman–Crippen LogP) is 2.25. The smallest absolute Gasteiger partial charge is 0.317 e. The molecule has 0 radical (unpaired) electrons. The van der Waals surface area contributed by atoms with E-state index >= 15 is 0 Å². The third-order valence-corrected chi connectivity index (χ3v) is 2.98. The molecule has 0 saturated carbocycles. The van der Waals surface area contributed by atoms with Gasteiger partial charge in [0.05, 0.1) is 6.54 Å². The summed E-state index contributed by atoms with van der Waals surface area (Å²) < 4.78 is 5.34. The topological polar surface area (TPSA) is 87.5 Å². The lowest BCUT2D eigenvalue weighted by Gasteiger charge is -2.23. The van der Waals surface area contributed by atoms with Gasteiger partial charge in [-0.05, 0) is 18.8 Å². The zero-order chi connectivity index (χ0) is 17.4. The molecule has 0 aliphatic carbocycles. The van der Waals surface area contributed by atoms with Crippen molar-refractivity contribution in [3.63, 3.8) is 0 Å². The number of hydrogen-bond donors (Lipinski definition) is 2. The monoisotopic (exact) mass is 324 g/mol. The van der Waals surface area contributed by atoms with Crippen LogP contribution in [0.3, 0.4) is 0 Å². The van der Waals surface area contributed by atoms with Crippen LogP contribution < -0.4 is 10.6 Å². The fourth-order valence-electron chi connectivity index (χ4n) is 1.96. The van der Waals surface area contributed by atoms with Crippen LogP contribution >= 0.6 is 0 Å². The molecule has 0 aliphatic rings. The van der Waals surface area contributed by atoms with Gasteiger partial charge in [0.15, 0.2) is 5.69 Å². The van der Waals surface area contributed by atoms with E-state index in [1.165, 1.54) is 6.26 Å². The maximum Gasteiger partial charge on any atom is 0.317 e. The molecule has 0 bridgehead atoms. The lowest BCUT2D eigenvalue weighted by atomic mass is 10.2. The first-order valence-electron chi connectivity index (χ1n) is 8.08. The van der Waals surface area contributed by atoms with E-state index in [-0.39, 0.29) is 24.2 Å².